The van der Waals surface area contributed by atoms with Crippen molar-refractivity contribution in [3.63, 3.8) is 0 Å². The highest BCUT2D eigenvalue weighted by molar-refractivity contribution is 6.31. The Hall–Kier alpha value is -0.770. The number of rotatable bonds is 6. The van der Waals surface area contributed by atoms with E-state index < -0.39 is 12.0 Å². The third-order valence-electron chi connectivity index (χ3n) is 2.37. The molecule has 0 aliphatic rings. The fraction of sp³-hybridized carbons (Fsp3) is 0.417. The molecule has 1 aromatic carbocycles. The summed E-state index contributed by atoms with van der Waals surface area (Å²) in [6.45, 7) is 2.45. The Kier molecular flexibility index (Phi) is 7.96. The Morgan fingerprint density at radius 1 is 1.47 bits per heavy atom. The lowest BCUT2D eigenvalue weighted by atomic mass is 10.1. The van der Waals surface area contributed by atoms with Crippen LogP contribution in [0.2, 0.25) is 5.02 Å². The number of hydrogen-bond acceptors (Lipinski definition) is 2. The topological polar surface area (TPSA) is 49.3 Å². The number of carbonyl (C=O) groups is 1. The zero-order valence-electron chi connectivity index (χ0n) is 9.65. The molecule has 1 unspecified atom stereocenters. The number of carboxylic acid groups (broad SMARTS) is 1. The Bertz CT molecular complexity index is 358. The number of carboxylic acids is 1. The minimum absolute atomic E-state index is 0. The van der Waals surface area contributed by atoms with E-state index in [2.05, 4.69) is 5.32 Å². The van der Waals surface area contributed by atoms with Gasteiger partial charge in [-0.25, -0.2) is 0 Å². The average Bonchev–Trinajstić information content (AvgIpc) is 2.26. The number of hydrogen-bond donors (Lipinski definition) is 2. The third kappa shape index (κ3) is 5.39. The molecule has 0 saturated carbocycles. The molecule has 0 aromatic heterocycles. The van der Waals surface area contributed by atoms with Gasteiger partial charge < -0.3 is 10.4 Å². The van der Waals surface area contributed by atoms with E-state index in [0.717, 1.165) is 12.0 Å². The molecule has 0 fully saturated rings. The highest BCUT2D eigenvalue weighted by atomic mass is 35.5. The summed E-state index contributed by atoms with van der Waals surface area (Å²) >= 11 is 5.98. The molecule has 3 nitrogen and oxygen atoms in total. The molecule has 0 amide bonds. The summed E-state index contributed by atoms with van der Waals surface area (Å²) in [4.78, 5) is 10.9. The maximum atomic E-state index is 10.9. The molecule has 2 N–H and O–H groups in total. The predicted octanol–water partition coefficient (Wildman–Crippen LogP) is 3.10. The predicted molar refractivity (Wildman–Crippen MR) is 71.9 cm³/mol. The summed E-state index contributed by atoms with van der Waals surface area (Å²) in [5.41, 5.74) is 0.923. The monoisotopic (exact) mass is 277 g/mol. The van der Waals surface area contributed by atoms with Crippen LogP contribution in [0.4, 0.5) is 0 Å². The highest BCUT2D eigenvalue weighted by Crippen LogP contribution is 2.14. The maximum absolute atomic E-state index is 10.9. The zero-order valence-corrected chi connectivity index (χ0v) is 11.2. The second-order valence-corrected chi connectivity index (χ2v) is 4.06. The molecule has 0 spiro atoms. The van der Waals surface area contributed by atoms with Crippen LogP contribution in [0.25, 0.3) is 0 Å². The second kappa shape index (κ2) is 8.34. The van der Waals surface area contributed by atoms with Crippen LogP contribution in [0.1, 0.15) is 25.3 Å². The Labute approximate surface area is 113 Å². The molecular weight excluding hydrogens is 261 g/mol. The van der Waals surface area contributed by atoms with Crippen molar-refractivity contribution in [2.45, 2.75) is 32.4 Å². The standard InChI is InChI=1S/C12H16ClNO2.ClH/c1-2-5-11(12(15)16)14-8-9-6-3-4-7-10(9)13;/h3-4,6-7,11,14H,2,5,8H2,1H3,(H,15,16);1H. The van der Waals surface area contributed by atoms with Crippen LogP contribution >= 0.6 is 24.0 Å². The van der Waals surface area contributed by atoms with Crippen molar-refractivity contribution in [2.75, 3.05) is 0 Å². The molecule has 96 valence electrons. The number of nitrogens with one attached hydrogen (secondary N) is 1. The first-order valence-electron chi connectivity index (χ1n) is 5.34. The van der Waals surface area contributed by atoms with Crippen molar-refractivity contribution in [1.29, 1.82) is 0 Å². The zero-order chi connectivity index (χ0) is 12.0. The lowest BCUT2D eigenvalue weighted by molar-refractivity contribution is -0.139. The van der Waals surface area contributed by atoms with Crippen LogP contribution in [0.15, 0.2) is 24.3 Å². The van der Waals surface area contributed by atoms with E-state index in [-0.39, 0.29) is 12.4 Å². The van der Waals surface area contributed by atoms with Gasteiger partial charge in [0.05, 0.1) is 0 Å². The Balaban J connectivity index is 0.00000256. The minimum atomic E-state index is -0.811. The van der Waals surface area contributed by atoms with Crippen LogP contribution in [0, 0.1) is 0 Å². The molecule has 0 aliphatic carbocycles. The fourth-order valence-corrected chi connectivity index (χ4v) is 1.68. The molecule has 1 aromatic rings. The lowest BCUT2D eigenvalue weighted by Gasteiger charge is -2.13. The summed E-state index contributed by atoms with van der Waals surface area (Å²) in [5, 5.41) is 12.6. The molecule has 0 radical (unpaired) electrons. The van der Waals surface area contributed by atoms with Crippen LogP contribution in [0.3, 0.4) is 0 Å². The van der Waals surface area contributed by atoms with Crippen molar-refractivity contribution in [3.8, 4) is 0 Å². The Morgan fingerprint density at radius 2 is 2.12 bits per heavy atom. The summed E-state index contributed by atoms with van der Waals surface area (Å²) in [6, 6.07) is 6.93. The summed E-state index contributed by atoms with van der Waals surface area (Å²) in [5.74, 6) is -0.811. The van der Waals surface area contributed by atoms with Gasteiger partial charge in [-0.1, -0.05) is 43.1 Å². The maximum Gasteiger partial charge on any atom is 0.320 e. The van der Waals surface area contributed by atoms with Gasteiger partial charge in [0.1, 0.15) is 6.04 Å². The summed E-state index contributed by atoms with van der Waals surface area (Å²) in [6.07, 6.45) is 1.46. The first-order valence-corrected chi connectivity index (χ1v) is 5.72. The minimum Gasteiger partial charge on any atom is -0.480 e. The normalized spacial score (nSPS) is 11.6. The van der Waals surface area contributed by atoms with Crippen molar-refractivity contribution in [1.82, 2.24) is 5.32 Å². The molecule has 0 heterocycles. The first kappa shape index (κ1) is 16.2. The van der Waals surface area contributed by atoms with E-state index in [0.29, 0.717) is 18.0 Å². The van der Waals surface area contributed by atoms with Crippen LogP contribution in [-0.4, -0.2) is 17.1 Å². The van der Waals surface area contributed by atoms with Gasteiger partial charge in [-0.15, -0.1) is 12.4 Å². The lowest BCUT2D eigenvalue weighted by Crippen LogP contribution is -2.36. The number of halogens is 2. The van der Waals surface area contributed by atoms with Crippen molar-refractivity contribution in [3.05, 3.63) is 34.9 Å². The van der Waals surface area contributed by atoms with Gasteiger partial charge in [0.2, 0.25) is 0 Å². The second-order valence-electron chi connectivity index (χ2n) is 3.65. The summed E-state index contributed by atoms with van der Waals surface area (Å²) < 4.78 is 0. The van der Waals surface area contributed by atoms with E-state index in [1.165, 1.54) is 0 Å². The highest BCUT2D eigenvalue weighted by Gasteiger charge is 2.15. The van der Waals surface area contributed by atoms with Gasteiger partial charge in [0.15, 0.2) is 0 Å². The molecule has 0 saturated heterocycles. The fourth-order valence-electron chi connectivity index (χ4n) is 1.48. The SMILES string of the molecule is CCCC(NCc1ccccc1Cl)C(=O)O.Cl. The molecular formula is C12H17Cl2NO2. The van der Waals surface area contributed by atoms with Gasteiger partial charge in [-0.2, -0.15) is 0 Å². The Morgan fingerprint density at radius 3 is 2.65 bits per heavy atom. The van der Waals surface area contributed by atoms with E-state index in [1.54, 1.807) is 6.07 Å². The van der Waals surface area contributed by atoms with Crippen molar-refractivity contribution < 1.29 is 9.90 Å². The first-order chi connectivity index (χ1) is 7.65. The van der Waals surface area contributed by atoms with Crippen LogP contribution in [-0.2, 0) is 11.3 Å². The average molecular weight is 278 g/mol. The van der Waals surface area contributed by atoms with Gasteiger partial charge in [0, 0.05) is 11.6 Å². The molecule has 1 rings (SSSR count). The molecule has 1 atom stereocenters. The molecule has 17 heavy (non-hydrogen) atoms. The quantitative estimate of drug-likeness (QED) is 0.840. The molecule has 0 aliphatic heterocycles. The summed E-state index contributed by atoms with van der Waals surface area (Å²) in [7, 11) is 0. The van der Waals surface area contributed by atoms with Gasteiger partial charge >= 0.3 is 5.97 Å². The van der Waals surface area contributed by atoms with Crippen LogP contribution < -0.4 is 5.32 Å². The van der Waals surface area contributed by atoms with E-state index in [9.17, 15) is 4.79 Å². The van der Waals surface area contributed by atoms with Crippen molar-refractivity contribution in [2.24, 2.45) is 0 Å². The molecule has 0 bridgehead atoms. The smallest absolute Gasteiger partial charge is 0.320 e. The van der Waals surface area contributed by atoms with Gasteiger partial charge in [-0.05, 0) is 18.1 Å². The third-order valence-corrected chi connectivity index (χ3v) is 2.74. The van der Waals surface area contributed by atoms with Crippen molar-refractivity contribution >= 4 is 30.0 Å². The molecule has 5 heteroatoms. The van der Waals surface area contributed by atoms with Gasteiger partial charge in [0.25, 0.3) is 0 Å². The largest absolute Gasteiger partial charge is 0.480 e. The number of benzene rings is 1. The number of aliphatic carboxylic acids is 1. The van der Waals surface area contributed by atoms with E-state index in [1.807, 2.05) is 25.1 Å². The van der Waals surface area contributed by atoms with E-state index >= 15 is 0 Å². The van der Waals surface area contributed by atoms with E-state index in [4.69, 9.17) is 16.7 Å². The van der Waals surface area contributed by atoms with Gasteiger partial charge in [-0.3, -0.25) is 4.79 Å². The van der Waals surface area contributed by atoms with Crippen LogP contribution in [0.5, 0.6) is 0 Å².